The summed E-state index contributed by atoms with van der Waals surface area (Å²) in [5, 5.41) is 8.47. The van der Waals surface area contributed by atoms with Gasteiger partial charge in [0.15, 0.2) is 23.0 Å². The highest BCUT2D eigenvalue weighted by Gasteiger charge is 2.24. The molecule has 2 fully saturated rings. The minimum absolute atomic E-state index is 0.0341. The Morgan fingerprint density at radius 3 is 2.45 bits per heavy atom. The predicted molar refractivity (Wildman–Crippen MR) is 107 cm³/mol. The van der Waals surface area contributed by atoms with E-state index >= 15 is 0 Å². The number of anilines is 1. The molecular weight excluding hydrogens is 370 g/mol. The van der Waals surface area contributed by atoms with Gasteiger partial charge in [0.1, 0.15) is 0 Å². The van der Waals surface area contributed by atoms with Gasteiger partial charge in [-0.05, 0) is 42.7 Å². The smallest absolute Gasteiger partial charge is 0.274 e. The fourth-order valence-corrected chi connectivity index (χ4v) is 4.12. The van der Waals surface area contributed by atoms with E-state index in [1.54, 1.807) is 0 Å². The molecule has 1 aromatic heterocycles. The second kappa shape index (κ2) is 7.87. The van der Waals surface area contributed by atoms with Crippen LogP contribution in [0, 0.1) is 0 Å². The van der Waals surface area contributed by atoms with E-state index in [4.69, 9.17) is 9.47 Å². The molecule has 2 aromatic rings. The molecule has 29 heavy (non-hydrogen) atoms. The van der Waals surface area contributed by atoms with E-state index in [0.717, 1.165) is 50.0 Å². The number of benzene rings is 1. The lowest BCUT2D eigenvalue weighted by atomic mass is 10.1. The van der Waals surface area contributed by atoms with Crippen LogP contribution in [0.2, 0.25) is 0 Å². The molecule has 152 valence electrons. The first-order chi connectivity index (χ1) is 14.3. The number of piperazine rings is 1. The summed E-state index contributed by atoms with van der Waals surface area (Å²) >= 11 is 0. The summed E-state index contributed by atoms with van der Waals surface area (Å²) in [5.74, 6) is 2.45. The molecule has 0 N–H and O–H groups in total. The number of carbonyl (C=O) groups excluding carboxylic acids is 1. The molecule has 3 aliphatic rings. The summed E-state index contributed by atoms with van der Waals surface area (Å²) in [6.07, 6.45) is 2.39. The SMILES string of the molecule is O=C(c1ccc(N2CCCC2)nn1)N1CCN(Cc2ccc3c(c2)OCO3)CC1. The topological polar surface area (TPSA) is 71.0 Å². The van der Waals surface area contributed by atoms with Crippen molar-refractivity contribution in [3.05, 3.63) is 41.6 Å². The van der Waals surface area contributed by atoms with E-state index in [9.17, 15) is 4.79 Å². The third-order valence-electron chi connectivity index (χ3n) is 5.80. The van der Waals surface area contributed by atoms with Gasteiger partial charge in [0, 0.05) is 45.8 Å². The molecule has 3 aliphatic heterocycles. The monoisotopic (exact) mass is 395 g/mol. The van der Waals surface area contributed by atoms with Gasteiger partial charge in [-0.3, -0.25) is 9.69 Å². The van der Waals surface area contributed by atoms with Crippen LogP contribution in [0.15, 0.2) is 30.3 Å². The van der Waals surface area contributed by atoms with Gasteiger partial charge < -0.3 is 19.3 Å². The zero-order valence-electron chi connectivity index (χ0n) is 16.4. The van der Waals surface area contributed by atoms with Crippen molar-refractivity contribution in [2.45, 2.75) is 19.4 Å². The maximum Gasteiger partial charge on any atom is 0.274 e. The highest BCUT2D eigenvalue weighted by molar-refractivity contribution is 5.92. The lowest BCUT2D eigenvalue weighted by Gasteiger charge is -2.34. The third kappa shape index (κ3) is 3.85. The quantitative estimate of drug-likeness (QED) is 0.781. The van der Waals surface area contributed by atoms with Gasteiger partial charge in [0.2, 0.25) is 6.79 Å². The van der Waals surface area contributed by atoms with Crippen molar-refractivity contribution in [2.24, 2.45) is 0 Å². The first-order valence-electron chi connectivity index (χ1n) is 10.3. The molecule has 0 unspecified atom stereocenters. The predicted octanol–water partition coefficient (Wildman–Crippen LogP) is 1.76. The summed E-state index contributed by atoms with van der Waals surface area (Å²) in [6, 6.07) is 9.80. The van der Waals surface area contributed by atoms with Crippen LogP contribution in [0.4, 0.5) is 5.82 Å². The first-order valence-corrected chi connectivity index (χ1v) is 10.3. The maximum absolute atomic E-state index is 12.8. The van der Waals surface area contributed by atoms with Crippen molar-refractivity contribution < 1.29 is 14.3 Å². The largest absolute Gasteiger partial charge is 0.454 e. The minimum Gasteiger partial charge on any atom is -0.454 e. The Balaban J connectivity index is 1.15. The van der Waals surface area contributed by atoms with Crippen LogP contribution < -0.4 is 14.4 Å². The number of amides is 1. The van der Waals surface area contributed by atoms with Crippen molar-refractivity contribution in [1.82, 2.24) is 20.0 Å². The number of aromatic nitrogens is 2. The zero-order valence-corrected chi connectivity index (χ0v) is 16.4. The summed E-state index contributed by atoms with van der Waals surface area (Å²) < 4.78 is 10.8. The summed E-state index contributed by atoms with van der Waals surface area (Å²) in [7, 11) is 0. The summed E-state index contributed by atoms with van der Waals surface area (Å²) in [6.45, 7) is 6.22. The average molecular weight is 395 g/mol. The van der Waals surface area contributed by atoms with Crippen molar-refractivity contribution in [3.63, 3.8) is 0 Å². The van der Waals surface area contributed by atoms with E-state index in [0.29, 0.717) is 25.6 Å². The Morgan fingerprint density at radius 2 is 1.69 bits per heavy atom. The second-order valence-electron chi connectivity index (χ2n) is 7.73. The van der Waals surface area contributed by atoms with Gasteiger partial charge in [0.05, 0.1) is 0 Å². The molecule has 0 radical (unpaired) electrons. The highest BCUT2D eigenvalue weighted by atomic mass is 16.7. The molecule has 8 heteroatoms. The van der Waals surface area contributed by atoms with Gasteiger partial charge in [0.25, 0.3) is 5.91 Å². The van der Waals surface area contributed by atoms with Crippen molar-refractivity contribution in [3.8, 4) is 11.5 Å². The van der Waals surface area contributed by atoms with Gasteiger partial charge >= 0.3 is 0 Å². The number of ether oxygens (including phenoxy) is 2. The van der Waals surface area contributed by atoms with Gasteiger partial charge in [-0.25, -0.2) is 0 Å². The van der Waals surface area contributed by atoms with Crippen molar-refractivity contribution >= 4 is 11.7 Å². The Bertz CT molecular complexity index is 874. The fraction of sp³-hybridized carbons (Fsp3) is 0.476. The Morgan fingerprint density at radius 1 is 0.897 bits per heavy atom. The fourth-order valence-electron chi connectivity index (χ4n) is 4.12. The molecular formula is C21H25N5O3. The lowest BCUT2D eigenvalue weighted by molar-refractivity contribution is 0.0621. The van der Waals surface area contributed by atoms with Crippen LogP contribution in [0.1, 0.15) is 28.9 Å². The normalized spacial score (nSPS) is 19.0. The van der Waals surface area contributed by atoms with Gasteiger partial charge in [-0.15, -0.1) is 10.2 Å². The highest BCUT2D eigenvalue weighted by Crippen LogP contribution is 2.32. The number of nitrogens with zero attached hydrogens (tertiary/aromatic N) is 5. The molecule has 5 rings (SSSR count). The van der Waals surface area contributed by atoms with Crippen LogP contribution in [0.25, 0.3) is 0 Å². The molecule has 0 bridgehead atoms. The van der Waals surface area contributed by atoms with E-state index in [1.165, 1.54) is 18.4 Å². The molecule has 1 aromatic carbocycles. The Labute approximate surface area is 170 Å². The average Bonchev–Trinajstić information content (AvgIpc) is 3.46. The first kappa shape index (κ1) is 18.2. The molecule has 1 amide bonds. The summed E-state index contributed by atoms with van der Waals surface area (Å²) in [4.78, 5) is 19.2. The Kier molecular flexibility index (Phi) is 4.93. The third-order valence-corrected chi connectivity index (χ3v) is 5.80. The van der Waals surface area contributed by atoms with Crippen LogP contribution in [-0.2, 0) is 6.54 Å². The van der Waals surface area contributed by atoms with Crippen molar-refractivity contribution in [2.75, 3.05) is 51.0 Å². The number of hydrogen-bond donors (Lipinski definition) is 0. The minimum atomic E-state index is -0.0341. The summed E-state index contributed by atoms with van der Waals surface area (Å²) in [5.41, 5.74) is 1.62. The van der Waals surface area contributed by atoms with E-state index in [1.807, 2.05) is 29.2 Å². The van der Waals surface area contributed by atoms with Gasteiger partial charge in [-0.2, -0.15) is 0 Å². The van der Waals surface area contributed by atoms with Crippen LogP contribution >= 0.6 is 0 Å². The number of fused-ring (bicyclic) bond motifs is 1. The van der Waals surface area contributed by atoms with Crippen LogP contribution in [0.5, 0.6) is 11.5 Å². The zero-order chi connectivity index (χ0) is 19.6. The second-order valence-corrected chi connectivity index (χ2v) is 7.73. The van der Waals surface area contributed by atoms with Crippen molar-refractivity contribution in [1.29, 1.82) is 0 Å². The van der Waals surface area contributed by atoms with Crippen LogP contribution in [-0.4, -0.2) is 72.0 Å². The molecule has 0 saturated carbocycles. The molecule has 4 heterocycles. The molecule has 0 aliphatic carbocycles. The van der Waals surface area contributed by atoms with E-state index in [2.05, 4.69) is 26.1 Å². The molecule has 0 atom stereocenters. The Hall–Kier alpha value is -2.87. The molecule has 2 saturated heterocycles. The standard InChI is InChI=1S/C21H25N5O3/c27-21(17-4-6-20(23-22-17)25-7-1-2-8-25)26-11-9-24(10-12-26)14-16-3-5-18-19(13-16)29-15-28-18/h3-6,13H,1-2,7-12,14-15H2. The van der Waals surface area contributed by atoms with E-state index in [-0.39, 0.29) is 5.91 Å². The lowest BCUT2D eigenvalue weighted by Crippen LogP contribution is -2.48. The maximum atomic E-state index is 12.8. The van der Waals surface area contributed by atoms with Gasteiger partial charge in [-0.1, -0.05) is 6.07 Å². The number of rotatable bonds is 4. The number of carbonyl (C=O) groups is 1. The van der Waals surface area contributed by atoms with E-state index < -0.39 is 0 Å². The molecule has 0 spiro atoms. The van der Waals surface area contributed by atoms with Crippen LogP contribution in [0.3, 0.4) is 0 Å². The number of hydrogen-bond acceptors (Lipinski definition) is 7. The molecule has 8 nitrogen and oxygen atoms in total.